The van der Waals surface area contributed by atoms with E-state index < -0.39 is 0 Å². The van der Waals surface area contributed by atoms with Crippen molar-refractivity contribution in [3.63, 3.8) is 0 Å². The smallest absolute Gasteiger partial charge is 0.225 e. The summed E-state index contributed by atoms with van der Waals surface area (Å²) < 4.78 is 5.60. The van der Waals surface area contributed by atoms with Crippen molar-refractivity contribution in [1.29, 1.82) is 0 Å². The summed E-state index contributed by atoms with van der Waals surface area (Å²) in [7, 11) is 1.86. The molecular formula is C16H22ClNO2. The molecule has 0 heterocycles. The molecule has 0 saturated heterocycles. The highest BCUT2D eigenvalue weighted by molar-refractivity contribution is 6.21. The van der Waals surface area contributed by atoms with Gasteiger partial charge >= 0.3 is 0 Å². The fourth-order valence-corrected chi connectivity index (χ4v) is 2.95. The fourth-order valence-electron chi connectivity index (χ4n) is 2.44. The van der Waals surface area contributed by atoms with E-state index in [4.69, 9.17) is 16.3 Å². The van der Waals surface area contributed by atoms with Gasteiger partial charge in [0.2, 0.25) is 5.91 Å². The summed E-state index contributed by atoms with van der Waals surface area (Å²) in [5.41, 5.74) is 1.16. The topological polar surface area (TPSA) is 29.5 Å². The Kier molecular flexibility index (Phi) is 5.30. The molecule has 3 nitrogen and oxygen atoms in total. The standard InChI is InChI=1S/C16H22ClNO2/c1-12-4-3-5-15(8-12)20-7-6-16(19)18(2)11-13-9-14(17)10-13/h3-5,8,13-14H,6-7,9-11H2,1-2H3. The molecule has 0 aromatic heterocycles. The quantitative estimate of drug-likeness (QED) is 0.754. The first kappa shape index (κ1) is 15.2. The molecule has 2 rings (SSSR count). The minimum atomic E-state index is 0.135. The number of ether oxygens (including phenoxy) is 1. The van der Waals surface area contributed by atoms with E-state index in [0.717, 1.165) is 30.7 Å². The first-order valence-electron chi connectivity index (χ1n) is 7.12. The van der Waals surface area contributed by atoms with Gasteiger partial charge in [0.1, 0.15) is 5.75 Å². The molecule has 1 aromatic rings. The maximum atomic E-state index is 12.0. The number of rotatable bonds is 6. The number of alkyl halides is 1. The number of benzene rings is 1. The highest BCUT2D eigenvalue weighted by Gasteiger charge is 2.28. The Balaban J connectivity index is 1.66. The Morgan fingerprint density at radius 2 is 2.20 bits per heavy atom. The van der Waals surface area contributed by atoms with Crippen LogP contribution in [0.25, 0.3) is 0 Å². The molecule has 20 heavy (non-hydrogen) atoms. The average molecular weight is 296 g/mol. The molecule has 0 radical (unpaired) electrons. The Morgan fingerprint density at radius 1 is 1.45 bits per heavy atom. The summed E-state index contributed by atoms with van der Waals surface area (Å²) >= 11 is 5.95. The van der Waals surface area contributed by atoms with Gasteiger partial charge in [0.15, 0.2) is 0 Å². The maximum Gasteiger partial charge on any atom is 0.225 e. The lowest BCUT2D eigenvalue weighted by Gasteiger charge is -2.34. The number of carbonyl (C=O) groups is 1. The third-order valence-corrected chi connectivity index (χ3v) is 4.07. The van der Waals surface area contributed by atoms with Gasteiger partial charge in [-0.25, -0.2) is 0 Å². The van der Waals surface area contributed by atoms with Crippen LogP contribution in [-0.4, -0.2) is 36.4 Å². The molecule has 1 aliphatic rings. The number of nitrogens with zero attached hydrogens (tertiary/aromatic N) is 1. The predicted molar refractivity (Wildman–Crippen MR) is 81.3 cm³/mol. The van der Waals surface area contributed by atoms with Crippen LogP contribution in [0.2, 0.25) is 0 Å². The molecule has 1 amide bonds. The average Bonchev–Trinajstić information content (AvgIpc) is 2.36. The lowest BCUT2D eigenvalue weighted by atomic mass is 9.84. The maximum absolute atomic E-state index is 12.0. The Hall–Kier alpha value is -1.22. The van der Waals surface area contributed by atoms with Crippen LogP contribution < -0.4 is 4.74 Å². The number of halogens is 1. The zero-order valence-electron chi connectivity index (χ0n) is 12.1. The lowest BCUT2D eigenvalue weighted by molar-refractivity contribution is -0.131. The van der Waals surface area contributed by atoms with Crippen LogP contribution in [0.15, 0.2) is 24.3 Å². The third-order valence-electron chi connectivity index (χ3n) is 3.71. The molecule has 0 atom stereocenters. The van der Waals surface area contributed by atoms with Gasteiger partial charge < -0.3 is 9.64 Å². The number of aryl methyl sites for hydroxylation is 1. The van der Waals surface area contributed by atoms with Gasteiger partial charge in [-0.1, -0.05) is 12.1 Å². The van der Waals surface area contributed by atoms with Crippen LogP contribution in [0, 0.1) is 12.8 Å². The van der Waals surface area contributed by atoms with E-state index in [1.165, 1.54) is 0 Å². The summed E-state index contributed by atoms with van der Waals surface area (Å²) in [6.07, 6.45) is 2.47. The fraction of sp³-hybridized carbons (Fsp3) is 0.562. The van der Waals surface area contributed by atoms with Crippen molar-refractivity contribution >= 4 is 17.5 Å². The molecule has 0 spiro atoms. The predicted octanol–water partition coefficient (Wildman–Crippen LogP) is 3.24. The first-order valence-corrected chi connectivity index (χ1v) is 7.55. The van der Waals surface area contributed by atoms with Crippen LogP contribution in [-0.2, 0) is 4.79 Å². The van der Waals surface area contributed by atoms with Crippen LogP contribution in [0.3, 0.4) is 0 Å². The van der Waals surface area contributed by atoms with E-state index in [1.807, 2.05) is 38.2 Å². The number of amides is 1. The lowest BCUT2D eigenvalue weighted by Crippen LogP contribution is -2.38. The summed E-state index contributed by atoms with van der Waals surface area (Å²) in [5, 5.41) is 0.313. The van der Waals surface area contributed by atoms with Crippen molar-refractivity contribution in [2.24, 2.45) is 5.92 Å². The second-order valence-electron chi connectivity index (χ2n) is 5.62. The Labute approximate surface area is 125 Å². The zero-order valence-corrected chi connectivity index (χ0v) is 12.9. The van der Waals surface area contributed by atoms with E-state index >= 15 is 0 Å². The van der Waals surface area contributed by atoms with Crippen LogP contribution in [0.4, 0.5) is 0 Å². The van der Waals surface area contributed by atoms with E-state index in [0.29, 0.717) is 24.3 Å². The summed E-state index contributed by atoms with van der Waals surface area (Å²) in [4.78, 5) is 13.8. The van der Waals surface area contributed by atoms with Gasteiger partial charge in [0, 0.05) is 19.0 Å². The largest absolute Gasteiger partial charge is 0.493 e. The number of carbonyl (C=O) groups excluding carboxylic acids is 1. The molecule has 1 saturated carbocycles. The molecule has 0 unspecified atom stereocenters. The van der Waals surface area contributed by atoms with E-state index in [9.17, 15) is 4.79 Å². The first-order chi connectivity index (χ1) is 9.54. The Bertz CT molecular complexity index is 458. The van der Waals surface area contributed by atoms with E-state index in [1.54, 1.807) is 4.90 Å². The van der Waals surface area contributed by atoms with Crippen LogP contribution in [0.1, 0.15) is 24.8 Å². The second-order valence-corrected chi connectivity index (χ2v) is 6.24. The van der Waals surface area contributed by atoms with Crippen molar-refractivity contribution in [3.8, 4) is 5.75 Å². The van der Waals surface area contributed by atoms with Crippen molar-refractivity contribution in [1.82, 2.24) is 4.90 Å². The van der Waals surface area contributed by atoms with Crippen LogP contribution >= 0.6 is 11.6 Å². The normalized spacial score (nSPS) is 21.1. The van der Waals surface area contributed by atoms with E-state index in [-0.39, 0.29) is 5.91 Å². The summed E-state index contributed by atoms with van der Waals surface area (Å²) in [6, 6.07) is 7.87. The van der Waals surface area contributed by atoms with Gasteiger partial charge in [-0.05, 0) is 43.4 Å². The summed E-state index contributed by atoms with van der Waals surface area (Å²) in [5.74, 6) is 1.53. The van der Waals surface area contributed by atoms with Crippen molar-refractivity contribution in [2.75, 3.05) is 20.2 Å². The number of hydrogen-bond donors (Lipinski definition) is 0. The Morgan fingerprint density at radius 3 is 2.85 bits per heavy atom. The minimum Gasteiger partial charge on any atom is -0.493 e. The molecule has 0 N–H and O–H groups in total. The van der Waals surface area contributed by atoms with E-state index in [2.05, 4.69) is 0 Å². The van der Waals surface area contributed by atoms with Gasteiger partial charge in [-0.2, -0.15) is 0 Å². The second kappa shape index (κ2) is 6.98. The third kappa shape index (κ3) is 4.41. The molecule has 110 valence electrons. The number of hydrogen-bond acceptors (Lipinski definition) is 2. The monoisotopic (exact) mass is 295 g/mol. The molecule has 1 aliphatic carbocycles. The molecular weight excluding hydrogens is 274 g/mol. The zero-order chi connectivity index (χ0) is 14.5. The highest BCUT2D eigenvalue weighted by Crippen LogP contribution is 2.32. The van der Waals surface area contributed by atoms with Crippen LogP contribution in [0.5, 0.6) is 5.75 Å². The van der Waals surface area contributed by atoms with Crippen molar-refractivity contribution in [2.45, 2.75) is 31.6 Å². The SMILES string of the molecule is Cc1cccc(OCCC(=O)N(C)CC2CC(Cl)C2)c1. The van der Waals surface area contributed by atoms with Crippen molar-refractivity contribution < 1.29 is 9.53 Å². The molecule has 1 fully saturated rings. The highest BCUT2D eigenvalue weighted by atomic mass is 35.5. The molecule has 0 aliphatic heterocycles. The van der Waals surface area contributed by atoms with Crippen molar-refractivity contribution in [3.05, 3.63) is 29.8 Å². The van der Waals surface area contributed by atoms with Gasteiger partial charge in [-0.15, -0.1) is 11.6 Å². The van der Waals surface area contributed by atoms with Gasteiger partial charge in [-0.3, -0.25) is 4.79 Å². The minimum absolute atomic E-state index is 0.135. The molecule has 0 bridgehead atoms. The summed E-state index contributed by atoms with van der Waals surface area (Å²) in [6.45, 7) is 3.26. The van der Waals surface area contributed by atoms with Gasteiger partial charge in [0.05, 0.1) is 13.0 Å². The molecule has 4 heteroatoms. The molecule has 1 aromatic carbocycles. The van der Waals surface area contributed by atoms with Gasteiger partial charge in [0.25, 0.3) is 0 Å².